The van der Waals surface area contributed by atoms with E-state index in [0.29, 0.717) is 29.2 Å². The summed E-state index contributed by atoms with van der Waals surface area (Å²) in [7, 11) is 0. The molecule has 9 heteroatoms. The molecule has 0 amide bonds. The molecular weight excluding hydrogens is 426 g/mol. The van der Waals surface area contributed by atoms with Crippen molar-refractivity contribution >= 4 is 17.7 Å². The molecule has 1 aromatic carbocycles. The first kappa shape index (κ1) is 22.2. The van der Waals surface area contributed by atoms with Gasteiger partial charge >= 0.3 is 0 Å². The molecular formula is C23H28ClN7O. The van der Waals surface area contributed by atoms with Crippen LogP contribution in [0.5, 0.6) is 0 Å². The number of rotatable bonds is 7. The minimum Gasteiger partial charge on any atom is -0.425 e. The molecule has 3 aromatic rings. The molecule has 1 aliphatic rings. The molecule has 32 heavy (non-hydrogen) atoms. The Morgan fingerprint density at radius 2 is 2.03 bits per heavy atom. The van der Waals surface area contributed by atoms with Crippen molar-refractivity contribution in [2.75, 3.05) is 13.1 Å². The first-order valence-corrected chi connectivity index (χ1v) is 11.2. The van der Waals surface area contributed by atoms with E-state index in [-0.39, 0.29) is 5.92 Å². The fourth-order valence-electron chi connectivity index (χ4n) is 3.77. The number of piperidine rings is 1. The summed E-state index contributed by atoms with van der Waals surface area (Å²) >= 11 is 6.22. The van der Waals surface area contributed by atoms with Crippen LogP contribution in [0, 0.1) is 6.92 Å². The molecule has 1 saturated heterocycles. The maximum atomic E-state index is 6.22. The molecule has 3 heterocycles. The summed E-state index contributed by atoms with van der Waals surface area (Å²) < 4.78 is 5.85. The fraction of sp³-hybridized carbons (Fsp3) is 0.435. The first-order valence-electron chi connectivity index (χ1n) is 10.9. The monoisotopic (exact) mass is 453 g/mol. The number of hydrogen-bond acceptors (Lipinski definition) is 7. The van der Waals surface area contributed by atoms with Crippen LogP contribution >= 0.6 is 11.6 Å². The van der Waals surface area contributed by atoms with E-state index in [1.54, 1.807) is 4.80 Å². The molecule has 0 radical (unpaired) electrons. The van der Waals surface area contributed by atoms with Gasteiger partial charge in [-0.2, -0.15) is 4.80 Å². The third-order valence-electron chi connectivity index (χ3n) is 5.63. The van der Waals surface area contributed by atoms with Crippen LogP contribution in [0.25, 0.3) is 6.08 Å². The van der Waals surface area contributed by atoms with E-state index in [2.05, 4.69) is 63.1 Å². The predicted molar refractivity (Wildman–Crippen MR) is 123 cm³/mol. The normalized spacial score (nSPS) is 15.2. The van der Waals surface area contributed by atoms with Gasteiger partial charge in [0, 0.05) is 35.6 Å². The zero-order valence-corrected chi connectivity index (χ0v) is 19.5. The zero-order valence-electron chi connectivity index (χ0n) is 18.7. The molecule has 8 nitrogen and oxygen atoms in total. The quantitative estimate of drug-likeness (QED) is 0.483. The van der Waals surface area contributed by atoms with Crippen molar-refractivity contribution in [3.8, 4) is 0 Å². The Hall–Kier alpha value is -3.00. The van der Waals surface area contributed by atoms with Gasteiger partial charge in [-0.15, -0.1) is 20.4 Å². The van der Waals surface area contributed by atoms with Gasteiger partial charge in [0.1, 0.15) is 0 Å². The van der Waals surface area contributed by atoms with Crippen molar-refractivity contribution < 1.29 is 4.42 Å². The maximum Gasteiger partial charge on any atom is 0.219 e. The average Bonchev–Trinajstić information content (AvgIpc) is 3.42. The highest BCUT2D eigenvalue weighted by atomic mass is 35.5. The average molecular weight is 454 g/mol. The lowest BCUT2D eigenvalue weighted by Gasteiger charge is -2.32. The summed E-state index contributed by atoms with van der Waals surface area (Å²) in [6.45, 7) is 12.5. The van der Waals surface area contributed by atoms with E-state index in [0.717, 1.165) is 48.6 Å². The Labute approximate surface area is 193 Å². The fourth-order valence-corrected chi connectivity index (χ4v) is 3.96. The second-order valence-corrected chi connectivity index (χ2v) is 8.87. The van der Waals surface area contributed by atoms with E-state index in [4.69, 9.17) is 16.0 Å². The summed E-state index contributed by atoms with van der Waals surface area (Å²) in [5.74, 6) is 2.68. The lowest BCUT2D eigenvalue weighted by molar-refractivity contribution is 0.247. The van der Waals surface area contributed by atoms with Crippen LogP contribution in [0.2, 0.25) is 5.02 Å². The zero-order chi connectivity index (χ0) is 22.7. The first-order chi connectivity index (χ1) is 15.4. The van der Waals surface area contributed by atoms with Gasteiger partial charge in [0.05, 0.1) is 6.54 Å². The molecule has 1 aliphatic heterocycles. The van der Waals surface area contributed by atoms with E-state index < -0.39 is 0 Å². The summed E-state index contributed by atoms with van der Waals surface area (Å²) in [6.07, 6.45) is 6.06. The summed E-state index contributed by atoms with van der Waals surface area (Å²) in [4.78, 5) is 3.87. The van der Waals surface area contributed by atoms with Crippen molar-refractivity contribution in [1.82, 2.24) is 35.3 Å². The molecule has 0 unspecified atom stereocenters. The molecule has 0 N–H and O–H groups in total. The molecule has 4 rings (SSSR count). The number of aromatic nitrogens is 6. The minimum absolute atomic E-state index is 0.253. The SMILES string of the molecule is C=C(/C=C/c1ccc(Cl)cc1Cn1nnc(C)n1)N1CCC(c2nnc(C(C)C)o2)CC1. The number of aryl methyl sites for hydroxylation is 1. The van der Waals surface area contributed by atoms with Crippen LogP contribution in [-0.2, 0) is 6.54 Å². The lowest BCUT2D eigenvalue weighted by atomic mass is 9.96. The highest BCUT2D eigenvalue weighted by Crippen LogP contribution is 2.30. The summed E-state index contributed by atoms with van der Waals surface area (Å²) in [5.41, 5.74) is 3.05. The van der Waals surface area contributed by atoms with Gasteiger partial charge in [-0.1, -0.05) is 44.2 Å². The Bertz CT molecular complexity index is 1110. The van der Waals surface area contributed by atoms with Crippen molar-refractivity contribution in [2.45, 2.75) is 52.0 Å². The van der Waals surface area contributed by atoms with Crippen LogP contribution in [-0.4, -0.2) is 48.4 Å². The van der Waals surface area contributed by atoms with Crippen molar-refractivity contribution in [3.63, 3.8) is 0 Å². The van der Waals surface area contributed by atoms with Gasteiger partial charge in [-0.25, -0.2) is 0 Å². The number of likely N-dealkylation sites (tertiary alicyclic amines) is 1. The topological polar surface area (TPSA) is 85.8 Å². The van der Waals surface area contributed by atoms with E-state index in [1.165, 1.54) is 0 Å². The van der Waals surface area contributed by atoms with Gasteiger partial charge in [-0.3, -0.25) is 0 Å². The second-order valence-electron chi connectivity index (χ2n) is 8.43. The Morgan fingerprint density at radius 1 is 1.25 bits per heavy atom. The number of nitrogens with zero attached hydrogens (tertiary/aromatic N) is 7. The maximum absolute atomic E-state index is 6.22. The largest absolute Gasteiger partial charge is 0.425 e. The van der Waals surface area contributed by atoms with Crippen molar-refractivity contribution in [3.05, 3.63) is 70.3 Å². The van der Waals surface area contributed by atoms with Gasteiger partial charge in [0.15, 0.2) is 5.82 Å². The smallest absolute Gasteiger partial charge is 0.219 e. The minimum atomic E-state index is 0.253. The molecule has 1 fully saturated rings. The second kappa shape index (κ2) is 9.65. The van der Waals surface area contributed by atoms with Crippen LogP contribution in [0.1, 0.15) is 67.3 Å². The summed E-state index contributed by atoms with van der Waals surface area (Å²) in [6, 6.07) is 5.82. The summed E-state index contributed by atoms with van der Waals surface area (Å²) in [5, 5.41) is 21.4. The van der Waals surface area contributed by atoms with Gasteiger partial charge in [0.2, 0.25) is 11.8 Å². The van der Waals surface area contributed by atoms with E-state index in [1.807, 2.05) is 25.1 Å². The number of halogens is 1. The Kier molecular flexibility index (Phi) is 6.69. The molecule has 0 spiro atoms. The number of benzene rings is 1. The molecule has 168 valence electrons. The Balaban J connectivity index is 1.38. The molecule has 0 saturated carbocycles. The molecule has 2 aromatic heterocycles. The van der Waals surface area contributed by atoms with Crippen LogP contribution in [0.3, 0.4) is 0 Å². The number of allylic oxidation sites excluding steroid dienone is 1. The standard InChI is InChI=1S/C23H28ClN7O/c1-15(2)22-26-27-23(32-22)19-9-11-30(12-10-19)16(3)5-6-18-7-8-21(24)13-20(18)14-31-28-17(4)25-29-31/h5-8,13,15,19H,3,9-12,14H2,1-2,4H3/b6-5+. The highest BCUT2D eigenvalue weighted by molar-refractivity contribution is 6.30. The Morgan fingerprint density at radius 3 is 2.69 bits per heavy atom. The molecule has 0 aliphatic carbocycles. The van der Waals surface area contributed by atoms with Gasteiger partial charge in [-0.05, 0) is 54.3 Å². The lowest BCUT2D eigenvalue weighted by Crippen LogP contribution is -2.31. The van der Waals surface area contributed by atoms with E-state index >= 15 is 0 Å². The van der Waals surface area contributed by atoms with Gasteiger partial charge < -0.3 is 9.32 Å². The molecule has 0 bridgehead atoms. The number of tetrazole rings is 1. The third-order valence-corrected chi connectivity index (χ3v) is 5.86. The molecule has 0 atom stereocenters. The predicted octanol–water partition coefficient (Wildman–Crippen LogP) is 4.60. The number of hydrogen-bond donors (Lipinski definition) is 0. The van der Waals surface area contributed by atoms with E-state index in [9.17, 15) is 0 Å². The van der Waals surface area contributed by atoms with Gasteiger partial charge in [0.25, 0.3) is 0 Å². The third kappa shape index (κ3) is 5.24. The van der Waals surface area contributed by atoms with Crippen molar-refractivity contribution in [1.29, 1.82) is 0 Å². The highest BCUT2D eigenvalue weighted by Gasteiger charge is 2.25. The van der Waals surface area contributed by atoms with Crippen LogP contribution < -0.4 is 0 Å². The van der Waals surface area contributed by atoms with Crippen molar-refractivity contribution in [2.24, 2.45) is 0 Å². The van der Waals surface area contributed by atoms with Crippen LogP contribution in [0.15, 0.2) is 41.0 Å². The van der Waals surface area contributed by atoms with Crippen LogP contribution in [0.4, 0.5) is 0 Å².